The summed E-state index contributed by atoms with van der Waals surface area (Å²) in [6, 6.07) is 17.4. The maximum atomic E-state index is 3.30. The highest BCUT2D eigenvalue weighted by Crippen LogP contribution is 2.27. The van der Waals surface area contributed by atoms with Crippen molar-refractivity contribution >= 4 is 6.08 Å². The molecule has 0 amide bonds. The molecule has 1 aliphatic rings. The van der Waals surface area contributed by atoms with E-state index in [-0.39, 0.29) is 0 Å². The van der Waals surface area contributed by atoms with E-state index in [1.807, 2.05) is 0 Å². The molecule has 0 aromatic heterocycles. The Kier molecular flexibility index (Phi) is 7.79. The van der Waals surface area contributed by atoms with Crippen molar-refractivity contribution in [1.82, 2.24) is 0 Å². The Morgan fingerprint density at radius 2 is 1.48 bits per heavy atom. The highest BCUT2D eigenvalue weighted by Gasteiger charge is 2.12. The lowest BCUT2D eigenvalue weighted by molar-refractivity contribution is 0.339. The van der Waals surface area contributed by atoms with Gasteiger partial charge in [-0.05, 0) is 60.6 Å². The molecule has 27 heavy (non-hydrogen) atoms. The maximum absolute atomic E-state index is 3.30. The molecule has 3 rings (SSSR count). The molecule has 1 saturated carbocycles. The lowest BCUT2D eigenvalue weighted by atomic mass is 9.85. The standard InChI is InChI=1S/C27H32/c1-2-3-5-8-24-12-15-26(16-13-24)19-22-27-20-17-25(18-21-27)14-11-23-9-6-4-7-10-23/h5,8,12-13,15-18,20-21,23H,2-4,6-7,9-11,14H2,1H3/b8-5+. The number of benzene rings is 2. The smallest absolute Gasteiger partial charge is 0.0249 e. The summed E-state index contributed by atoms with van der Waals surface area (Å²) in [5.41, 5.74) is 4.87. The minimum Gasteiger partial charge on any atom is -0.0840 e. The molecule has 0 saturated heterocycles. The van der Waals surface area contributed by atoms with Gasteiger partial charge >= 0.3 is 0 Å². The minimum absolute atomic E-state index is 0.956. The molecule has 0 aliphatic heterocycles. The van der Waals surface area contributed by atoms with E-state index >= 15 is 0 Å². The summed E-state index contributed by atoms with van der Waals surface area (Å²) >= 11 is 0. The number of unbranched alkanes of at least 4 members (excludes halogenated alkanes) is 1. The Bertz CT molecular complexity index is 760. The largest absolute Gasteiger partial charge is 0.0840 e. The fraction of sp³-hybridized carbons (Fsp3) is 0.407. The zero-order valence-electron chi connectivity index (χ0n) is 16.7. The van der Waals surface area contributed by atoms with Gasteiger partial charge in [-0.2, -0.15) is 0 Å². The van der Waals surface area contributed by atoms with Gasteiger partial charge in [0.25, 0.3) is 0 Å². The molecule has 0 radical (unpaired) electrons. The third-order valence-corrected chi connectivity index (χ3v) is 5.55. The first-order chi connectivity index (χ1) is 13.3. The van der Waals surface area contributed by atoms with E-state index in [0.29, 0.717) is 0 Å². The fourth-order valence-electron chi connectivity index (χ4n) is 3.81. The molecule has 0 heterocycles. The van der Waals surface area contributed by atoms with Gasteiger partial charge in [0.1, 0.15) is 0 Å². The summed E-state index contributed by atoms with van der Waals surface area (Å²) in [7, 11) is 0. The van der Waals surface area contributed by atoms with Crippen molar-refractivity contribution in [3.63, 3.8) is 0 Å². The summed E-state index contributed by atoms with van der Waals surface area (Å²) in [4.78, 5) is 0. The summed E-state index contributed by atoms with van der Waals surface area (Å²) in [6.45, 7) is 2.20. The van der Waals surface area contributed by atoms with Crippen molar-refractivity contribution in [3.8, 4) is 11.8 Å². The molecule has 0 nitrogen and oxygen atoms in total. The highest BCUT2D eigenvalue weighted by molar-refractivity contribution is 5.52. The van der Waals surface area contributed by atoms with Crippen molar-refractivity contribution < 1.29 is 0 Å². The van der Waals surface area contributed by atoms with Crippen molar-refractivity contribution in [2.75, 3.05) is 0 Å². The molecule has 0 spiro atoms. The monoisotopic (exact) mass is 356 g/mol. The van der Waals surface area contributed by atoms with Crippen LogP contribution in [0.4, 0.5) is 0 Å². The van der Waals surface area contributed by atoms with Crippen LogP contribution in [0.1, 0.15) is 80.5 Å². The molecule has 1 aliphatic carbocycles. The van der Waals surface area contributed by atoms with Crippen LogP contribution in [-0.4, -0.2) is 0 Å². The van der Waals surface area contributed by atoms with E-state index in [9.17, 15) is 0 Å². The third-order valence-electron chi connectivity index (χ3n) is 5.55. The first-order valence-corrected chi connectivity index (χ1v) is 10.7. The number of allylic oxidation sites excluding steroid dienone is 1. The molecule has 2 aromatic rings. The second-order valence-corrected chi connectivity index (χ2v) is 7.80. The topological polar surface area (TPSA) is 0 Å². The van der Waals surface area contributed by atoms with Crippen LogP contribution < -0.4 is 0 Å². The van der Waals surface area contributed by atoms with Gasteiger partial charge in [0.2, 0.25) is 0 Å². The number of hydrogen-bond donors (Lipinski definition) is 0. The van der Waals surface area contributed by atoms with Crippen LogP contribution >= 0.6 is 0 Å². The van der Waals surface area contributed by atoms with Crippen LogP contribution in [0.5, 0.6) is 0 Å². The molecule has 0 heteroatoms. The Morgan fingerprint density at radius 1 is 0.852 bits per heavy atom. The Hall–Kier alpha value is -2.26. The van der Waals surface area contributed by atoms with Gasteiger partial charge in [-0.1, -0.05) is 93.7 Å². The molecular weight excluding hydrogens is 324 g/mol. The molecule has 0 N–H and O–H groups in total. The lowest BCUT2D eigenvalue weighted by Gasteiger charge is -2.21. The van der Waals surface area contributed by atoms with Gasteiger partial charge in [0, 0.05) is 11.1 Å². The third kappa shape index (κ3) is 6.76. The molecule has 140 valence electrons. The Morgan fingerprint density at radius 3 is 2.11 bits per heavy atom. The first kappa shape index (κ1) is 19.5. The van der Waals surface area contributed by atoms with Crippen molar-refractivity contribution in [3.05, 3.63) is 76.9 Å². The van der Waals surface area contributed by atoms with Crippen LogP contribution in [0.15, 0.2) is 54.6 Å². The van der Waals surface area contributed by atoms with Crippen molar-refractivity contribution in [2.45, 2.75) is 64.7 Å². The van der Waals surface area contributed by atoms with Gasteiger partial charge in [-0.25, -0.2) is 0 Å². The lowest BCUT2D eigenvalue weighted by Crippen LogP contribution is -2.07. The zero-order chi connectivity index (χ0) is 18.7. The van der Waals surface area contributed by atoms with Crippen molar-refractivity contribution in [1.29, 1.82) is 0 Å². The average Bonchev–Trinajstić information content (AvgIpc) is 2.73. The highest BCUT2D eigenvalue weighted by atomic mass is 14.2. The predicted octanol–water partition coefficient (Wildman–Crippen LogP) is 7.41. The number of hydrogen-bond acceptors (Lipinski definition) is 0. The van der Waals surface area contributed by atoms with E-state index < -0.39 is 0 Å². The zero-order valence-corrected chi connectivity index (χ0v) is 16.7. The number of rotatable bonds is 6. The fourth-order valence-corrected chi connectivity index (χ4v) is 3.81. The van der Waals surface area contributed by atoms with Crippen LogP contribution in [0.3, 0.4) is 0 Å². The summed E-state index contributed by atoms with van der Waals surface area (Å²) in [5.74, 6) is 7.54. The van der Waals surface area contributed by atoms with Crippen LogP contribution in [0.25, 0.3) is 6.08 Å². The quantitative estimate of drug-likeness (QED) is 0.473. The molecule has 1 fully saturated rings. The normalized spacial score (nSPS) is 14.9. The second-order valence-electron chi connectivity index (χ2n) is 7.80. The van der Waals surface area contributed by atoms with Gasteiger partial charge in [-0.15, -0.1) is 0 Å². The van der Waals surface area contributed by atoms with Gasteiger partial charge in [0.15, 0.2) is 0 Å². The first-order valence-electron chi connectivity index (χ1n) is 10.7. The van der Waals surface area contributed by atoms with E-state index in [4.69, 9.17) is 0 Å². The number of aryl methyl sites for hydroxylation is 1. The SMILES string of the molecule is CCC/C=C/c1ccc(C#Cc2ccc(CCC3CCCCC3)cc2)cc1. The van der Waals surface area contributed by atoms with Gasteiger partial charge in [0.05, 0.1) is 0 Å². The van der Waals surface area contributed by atoms with E-state index in [0.717, 1.165) is 23.5 Å². The van der Waals surface area contributed by atoms with Crippen LogP contribution in [0.2, 0.25) is 0 Å². The van der Waals surface area contributed by atoms with Crippen molar-refractivity contribution in [2.24, 2.45) is 5.92 Å². The molecule has 2 aromatic carbocycles. The van der Waals surface area contributed by atoms with Crippen LogP contribution in [-0.2, 0) is 6.42 Å². The molecule has 0 atom stereocenters. The molecular formula is C27H32. The summed E-state index contributed by atoms with van der Waals surface area (Å²) < 4.78 is 0. The average molecular weight is 357 g/mol. The minimum atomic E-state index is 0.956. The maximum Gasteiger partial charge on any atom is 0.0249 e. The molecule has 0 bridgehead atoms. The van der Waals surface area contributed by atoms with Gasteiger partial charge in [-0.3, -0.25) is 0 Å². The second kappa shape index (κ2) is 10.8. The van der Waals surface area contributed by atoms with E-state index in [2.05, 4.69) is 79.4 Å². The van der Waals surface area contributed by atoms with Gasteiger partial charge < -0.3 is 0 Å². The Balaban J connectivity index is 1.52. The predicted molar refractivity (Wildman–Crippen MR) is 118 cm³/mol. The molecule has 0 unspecified atom stereocenters. The Labute approximate surface area is 165 Å². The summed E-state index contributed by atoms with van der Waals surface area (Å²) in [5, 5.41) is 0. The van der Waals surface area contributed by atoms with Crippen LogP contribution in [0, 0.1) is 17.8 Å². The summed E-state index contributed by atoms with van der Waals surface area (Å²) in [6.07, 6.45) is 16.5. The van der Waals surface area contributed by atoms with E-state index in [1.54, 1.807) is 0 Å². The van der Waals surface area contributed by atoms with E-state index in [1.165, 1.54) is 62.5 Å².